The van der Waals surface area contributed by atoms with Crippen LogP contribution < -0.4 is 119 Å². The molecule has 16 amide bonds. The molecule has 0 saturated heterocycles. The van der Waals surface area contributed by atoms with E-state index in [2.05, 4.69) is 63.9 Å². The number of aliphatic carboxylic acids is 3. The SMILES string of the molecule is CC(C)CC(NC(=O)[C@@H](NC(=O)C(CC(N)=O)NC(=O)[C@H](CO)NC(=O)C(CO)NC(=O)[C@H](CC(=O)O)NC(=O)C(CC(=O)O)NC(=O)[C@H](CO)NC(=O)C(Cc1ccc(O)cc1)NC(=O)[C@H](CC(C)C)NN)[C@@H](C)O)C(=O)N[C@@H](CC(C)C)C(=O)NC(CCCCN)C(=O)N[C@@H](CCCCN)C(=O)NC(Cc1ccc(O)cc1)C(=O)N[C@@H](CCCNC(=N)N)C(=O)NC(CO)C(=O)O. The van der Waals surface area contributed by atoms with Crippen molar-refractivity contribution in [3.63, 3.8) is 0 Å². The molecule has 0 spiro atoms. The molecule has 0 fully saturated rings. The molecule has 750 valence electrons. The Bertz CT molecular complexity index is 4260. The predicted octanol–water partition coefficient (Wildman–Crippen LogP) is -11.1. The van der Waals surface area contributed by atoms with Gasteiger partial charge < -0.3 is 159 Å². The number of phenolic OH excluding ortho intramolecular Hbond substituents is 2. The first-order valence-electron chi connectivity index (χ1n) is 43.2. The fourth-order valence-electron chi connectivity index (χ4n) is 13.0. The molecule has 2 aromatic rings. The number of phenols is 2. The number of nitrogens with two attached hydrogens (primary N) is 5. The second kappa shape index (κ2) is 60.8. The zero-order chi connectivity index (χ0) is 101. The number of carbonyl (C=O) groups is 19. The van der Waals surface area contributed by atoms with Crippen LogP contribution in [0.4, 0.5) is 0 Å². The Morgan fingerprint density at radius 3 is 0.896 bits per heavy atom. The van der Waals surface area contributed by atoms with Gasteiger partial charge in [0.2, 0.25) is 94.5 Å². The van der Waals surface area contributed by atoms with Crippen LogP contribution >= 0.6 is 0 Å². The van der Waals surface area contributed by atoms with E-state index in [9.17, 15) is 142 Å². The van der Waals surface area contributed by atoms with Gasteiger partial charge in [0.25, 0.3) is 0 Å². The summed E-state index contributed by atoms with van der Waals surface area (Å²) in [5, 5.41) is 145. The van der Waals surface area contributed by atoms with Crippen LogP contribution in [0.15, 0.2) is 48.5 Å². The second-order valence-electron chi connectivity index (χ2n) is 32.9. The number of nitrogens with one attached hydrogen (secondary N) is 18. The lowest BCUT2D eigenvalue weighted by atomic mass is 9.99. The highest BCUT2D eigenvalue weighted by atomic mass is 16.4. The van der Waals surface area contributed by atoms with Crippen molar-refractivity contribution in [2.45, 2.75) is 254 Å². The second-order valence-corrected chi connectivity index (χ2v) is 32.9. The third-order valence-corrected chi connectivity index (χ3v) is 20.1. The first-order valence-corrected chi connectivity index (χ1v) is 43.2. The molecule has 38 N–H and O–H groups in total. The van der Waals surface area contributed by atoms with Crippen LogP contribution in [0.1, 0.15) is 149 Å². The number of benzene rings is 2. The number of carboxylic acids is 3. The van der Waals surface area contributed by atoms with E-state index in [1.165, 1.54) is 48.5 Å². The molecular formula is C82H133N23O29. The van der Waals surface area contributed by atoms with E-state index in [0.717, 1.165) is 6.92 Å². The summed E-state index contributed by atoms with van der Waals surface area (Å²) in [5.41, 5.74) is 25.6. The zero-order valence-corrected chi connectivity index (χ0v) is 75.5. The van der Waals surface area contributed by atoms with Gasteiger partial charge in [-0.3, -0.25) is 97.6 Å². The smallest absolute Gasteiger partial charge is 0.328 e. The van der Waals surface area contributed by atoms with Crippen molar-refractivity contribution in [3.8, 4) is 11.5 Å². The third-order valence-electron chi connectivity index (χ3n) is 20.1. The number of hydrogen-bond acceptors (Lipinski definition) is 31. The van der Waals surface area contributed by atoms with Gasteiger partial charge in [0.15, 0.2) is 5.96 Å². The van der Waals surface area contributed by atoms with E-state index in [-0.39, 0.29) is 108 Å². The summed E-state index contributed by atoms with van der Waals surface area (Å²) in [7, 11) is 0. The van der Waals surface area contributed by atoms with E-state index < -0.39 is 279 Å². The molecule has 0 heterocycles. The number of aliphatic hydroxyl groups is 5. The number of amides is 16. The normalized spacial score (nSPS) is 15.0. The fraction of sp³-hybridized carbons (Fsp3) is 0.610. The average Bonchev–Trinajstić information content (AvgIpc) is 0.855. The predicted molar refractivity (Wildman–Crippen MR) is 473 cm³/mol. The van der Waals surface area contributed by atoms with Crippen LogP contribution in [-0.4, -0.2) is 318 Å². The Morgan fingerprint density at radius 2 is 0.590 bits per heavy atom. The number of hydrazine groups is 1. The maximum atomic E-state index is 14.7. The van der Waals surface area contributed by atoms with Crippen LogP contribution in [0.5, 0.6) is 11.5 Å². The molecule has 52 nitrogen and oxygen atoms in total. The molecule has 8 unspecified atom stereocenters. The minimum Gasteiger partial charge on any atom is -0.508 e. The molecule has 2 aromatic carbocycles. The highest BCUT2D eigenvalue weighted by molar-refractivity contribution is 6.02. The molecule has 0 radical (unpaired) electrons. The Morgan fingerprint density at radius 1 is 0.328 bits per heavy atom. The third kappa shape index (κ3) is 43.9. The molecule has 52 heteroatoms. The van der Waals surface area contributed by atoms with E-state index in [1.54, 1.807) is 41.5 Å². The lowest BCUT2D eigenvalue weighted by Gasteiger charge is -2.29. The molecule has 134 heavy (non-hydrogen) atoms. The summed E-state index contributed by atoms with van der Waals surface area (Å²) in [5.74, 6) is -21.1. The number of primary amides is 1. The zero-order valence-electron chi connectivity index (χ0n) is 75.5. The first-order chi connectivity index (χ1) is 63.0. The fourth-order valence-corrected chi connectivity index (χ4v) is 13.0. The summed E-state index contributed by atoms with van der Waals surface area (Å²) in [4.78, 5) is 260. The van der Waals surface area contributed by atoms with E-state index in [4.69, 9.17) is 34.2 Å². The minimum absolute atomic E-state index is 0.00912. The topological polar surface area (TPSA) is 885 Å². The first kappa shape index (κ1) is 117. The number of aliphatic hydroxyl groups excluding tert-OH is 5. The minimum atomic E-state index is -2.33. The van der Waals surface area contributed by atoms with Gasteiger partial charge in [-0.05, 0) is 144 Å². The van der Waals surface area contributed by atoms with Crippen molar-refractivity contribution in [2.24, 2.45) is 46.5 Å². The number of carbonyl (C=O) groups excluding carboxylic acids is 16. The molecule has 0 saturated carbocycles. The van der Waals surface area contributed by atoms with Gasteiger partial charge in [-0.1, -0.05) is 65.8 Å². The van der Waals surface area contributed by atoms with Gasteiger partial charge in [0.05, 0.1) is 57.8 Å². The quantitative estimate of drug-likeness (QED) is 0.00961. The van der Waals surface area contributed by atoms with Gasteiger partial charge in [-0.25, -0.2) is 10.2 Å². The van der Waals surface area contributed by atoms with Crippen LogP contribution in [0.3, 0.4) is 0 Å². The molecular weight excluding hydrogens is 1770 g/mol. The highest BCUT2D eigenvalue weighted by Crippen LogP contribution is 2.18. The van der Waals surface area contributed by atoms with Gasteiger partial charge in [-0.2, -0.15) is 0 Å². The number of hydrogen-bond donors (Lipinski definition) is 33. The maximum Gasteiger partial charge on any atom is 0.328 e. The van der Waals surface area contributed by atoms with Gasteiger partial charge in [0, 0.05) is 19.4 Å². The monoisotopic (exact) mass is 1900 g/mol. The summed E-state index contributed by atoms with van der Waals surface area (Å²) in [6.45, 7) is 6.34. The van der Waals surface area contributed by atoms with Crippen LogP contribution in [0, 0.1) is 23.2 Å². The van der Waals surface area contributed by atoms with Crippen LogP contribution in [0.25, 0.3) is 0 Å². The highest BCUT2D eigenvalue weighted by Gasteiger charge is 2.41. The van der Waals surface area contributed by atoms with Gasteiger partial charge in [-0.15, -0.1) is 0 Å². The van der Waals surface area contributed by atoms with E-state index in [1.807, 2.05) is 26.6 Å². The molecule has 0 aliphatic rings. The summed E-state index contributed by atoms with van der Waals surface area (Å²) in [6.07, 6.45) is -5.89. The molecule has 2 rings (SSSR count). The molecule has 0 aliphatic carbocycles. The van der Waals surface area contributed by atoms with Crippen molar-refractivity contribution in [1.82, 2.24) is 90.5 Å². The van der Waals surface area contributed by atoms with Crippen LogP contribution in [0.2, 0.25) is 0 Å². The standard InChI is InChI=1S/C82H133N23O29/c1-39(2)27-50(69(121)91-47(13-8-10-24-83)66(118)90-48(14-9-11-25-84)67(119)94-52(30-43-16-20-45(111)21-17-43)71(123)92-49(15-12-26-89-82(86)87)68(120)103-61(38-109)81(133)134)93-70(122)51(28-40(3)4)99-80(132)65(42(7)110)104-75(127)54(32-62(85)113)96-77(129)59(36-107)102-79(131)60(37-108)101-74(126)56(34-64(116)117)97-73(125)55(33-63(114)115)98-78(130)58(35-106)100-72(124)53(31-44-18-22-46(112)23-19-44)95-76(128)57(105-88)29-41(5)6/h16-23,39-42,47-61,65,105-112H,8-15,24-38,83-84,88H2,1-7H3,(H2,85,113)(H,90,118)(H,91,121)(H,92,123)(H,93,122)(H,94,119)(H,95,128)(H,96,129)(H,97,125)(H,98,130)(H,99,132)(H,100,124)(H,101,126)(H,102,131)(H,103,120)(H,104,127)(H,114,115)(H,116,117)(H,133,134)(H4,86,87,89)/t42-,47?,48+,49+,50+,51?,52?,53?,54?,55?,56+,57+,58+,59+,60?,61?,65+/m1/s1. The average molecular weight is 1910 g/mol. The Balaban J connectivity index is 2.47. The molecule has 0 bridgehead atoms. The van der Waals surface area contributed by atoms with Crippen LogP contribution in [-0.2, 0) is 104 Å². The van der Waals surface area contributed by atoms with Crippen molar-refractivity contribution in [3.05, 3.63) is 59.7 Å². The van der Waals surface area contributed by atoms with Gasteiger partial charge >= 0.3 is 17.9 Å². The number of guanidine groups is 1. The number of carboxylic acid groups (broad SMARTS) is 3. The number of rotatable bonds is 65. The molecule has 0 aromatic heterocycles. The lowest BCUT2D eigenvalue weighted by molar-refractivity contribution is -0.144. The molecule has 0 aliphatic heterocycles. The lowest BCUT2D eigenvalue weighted by Crippen LogP contribution is -2.63. The van der Waals surface area contributed by atoms with Crippen molar-refractivity contribution in [2.75, 3.05) is 46.1 Å². The Labute approximate surface area is 771 Å². The van der Waals surface area contributed by atoms with Crippen molar-refractivity contribution >= 4 is 118 Å². The van der Waals surface area contributed by atoms with Crippen molar-refractivity contribution in [1.29, 1.82) is 5.41 Å². The Kier molecular flexibility index (Phi) is 53.1. The summed E-state index contributed by atoms with van der Waals surface area (Å²) < 4.78 is 0. The van der Waals surface area contributed by atoms with E-state index in [0.29, 0.717) is 24.0 Å². The number of unbranched alkanes of at least 4 members (excludes halogenated alkanes) is 2. The Hall–Kier alpha value is -13.1. The maximum absolute atomic E-state index is 14.7. The summed E-state index contributed by atoms with van der Waals surface area (Å²) in [6, 6.07) is -18.2. The van der Waals surface area contributed by atoms with Gasteiger partial charge in [0.1, 0.15) is 102 Å². The number of aromatic hydroxyl groups is 2. The molecule has 17 atom stereocenters. The summed E-state index contributed by atoms with van der Waals surface area (Å²) >= 11 is 0. The van der Waals surface area contributed by atoms with Crippen molar-refractivity contribution < 1.29 is 142 Å². The largest absolute Gasteiger partial charge is 0.508 e. The van der Waals surface area contributed by atoms with E-state index >= 15 is 0 Å².